The van der Waals surface area contributed by atoms with E-state index in [0.29, 0.717) is 10.7 Å². The molecule has 0 saturated heterocycles. The molecule has 3 aromatic rings. The zero-order valence-electron chi connectivity index (χ0n) is 18.8. The molecular formula is C25H30ClN3O2S. The Morgan fingerprint density at radius 2 is 1.50 bits per heavy atom. The van der Waals surface area contributed by atoms with Crippen LogP contribution in [0.3, 0.4) is 0 Å². The van der Waals surface area contributed by atoms with Crippen LogP contribution in [0.15, 0.2) is 77.7 Å². The molecule has 32 heavy (non-hydrogen) atoms. The number of benzene rings is 3. The van der Waals surface area contributed by atoms with Crippen molar-refractivity contribution in [1.82, 2.24) is 9.80 Å². The van der Waals surface area contributed by atoms with Crippen LogP contribution in [0.4, 0.5) is 5.69 Å². The number of rotatable bonds is 10. The molecule has 0 aliphatic carbocycles. The fourth-order valence-corrected chi connectivity index (χ4v) is 4.69. The number of likely N-dealkylation sites (N-methyl/N-ethyl adjacent to an activating group) is 2. The fourth-order valence-electron chi connectivity index (χ4n) is 3.33. The van der Waals surface area contributed by atoms with Gasteiger partial charge in [0.1, 0.15) is 0 Å². The molecule has 0 saturated carbocycles. The highest BCUT2D eigenvalue weighted by Crippen LogP contribution is 2.24. The van der Waals surface area contributed by atoms with Gasteiger partial charge < -0.3 is 4.90 Å². The van der Waals surface area contributed by atoms with E-state index < -0.39 is 10.0 Å². The van der Waals surface area contributed by atoms with Crippen molar-refractivity contribution >= 4 is 27.3 Å². The molecule has 0 spiro atoms. The molecule has 0 aromatic heterocycles. The summed E-state index contributed by atoms with van der Waals surface area (Å²) in [4.78, 5) is 4.76. The second kappa shape index (κ2) is 11.0. The minimum absolute atomic E-state index is 0.136. The van der Waals surface area contributed by atoms with Crippen LogP contribution in [0, 0.1) is 0 Å². The Kier molecular flexibility index (Phi) is 8.32. The lowest BCUT2D eigenvalue weighted by Crippen LogP contribution is -2.31. The molecule has 0 unspecified atom stereocenters. The van der Waals surface area contributed by atoms with E-state index in [4.69, 9.17) is 11.6 Å². The molecule has 0 atom stereocenters. The number of nitrogens with zero attached hydrogens (tertiary/aromatic N) is 2. The van der Waals surface area contributed by atoms with Gasteiger partial charge in [0.15, 0.2) is 0 Å². The van der Waals surface area contributed by atoms with Gasteiger partial charge in [0.2, 0.25) is 0 Å². The second-order valence-electron chi connectivity index (χ2n) is 8.01. The predicted octanol–water partition coefficient (Wildman–Crippen LogP) is 5.19. The van der Waals surface area contributed by atoms with Crippen molar-refractivity contribution in [3.8, 4) is 11.1 Å². The first-order valence-electron chi connectivity index (χ1n) is 10.6. The third kappa shape index (κ3) is 6.81. The number of hydrogen-bond donors (Lipinski definition) is 1. The van der Waals surface area contributed by atoms with Crippen molar-refractivity contribution in [3.63, 3.8) is 0 Å². The lowest BCUT2D eigenvalue weighted by Gasteiger charge is -2.22. The number of anilines is 1. The summed E-state index contributed by atoms with van der Waals surface area (Å²) in [6.07, 6.45) is 0. The summed E-state index contributed by atoms with van der Waals surface area (Å²) < 4.78 is 27.7. The summed E-state index contributed by atoms with van der Waals surface area (Å²) in [6, 6.07) is 22.1. The maximum absolute atomic E-state index is 12.6. The zero-order chi connectivity index (χ0) is 23.1. The van der Waals surface area contributed by atoms with Crippen molar-refractivity contribution in [2.75, 3.05) is 38.5 Å². The van der Waals surface area contributed by atoms with Gasteiger partial charge in [0, 0.05) is 30.3 Å². The van der Waals surface area contributed by atoms with Crippen molar-refractivity contribution in [2.24, 2.45) is 0 Å². The molecule has 0 heterocycles. The SMILES string of the molecule is CCN(CCN(C)C)Cc1ccc(-c2ccc(NS(=O)(=O)c3cccc(Cl)c3)cc2)cc1. The van der Waals surface area contributed by atoms with Crippen LogP contribution in [0.25, 0.3) is 11.1 Å². The standard InChI is InChI=1S/C25H30ClN3O2S/c1-4-29(17-16-28(2)3)19-20-8-10-21(11-9-20)22-12-14-24(15-13-22)27-32(30,31)25-7-5-6-23(26)18-25/h5-15,18,27H,4,16-17,19H2,1-3H3. The molecule has 1 N–H and O–H groups in total. The van der Waals surface area contributed by atoms with Crippen molar-refractivity contribution < 1.29 is 8.42 Å². The fraction of sp³-hybridized carbons (Fsp3) is 0.280. The van der Waals surface area contributed by atoms with Gasteiger partial charge in [-0.1, -0.05) is 61.0 Å². The Bertz CT molecular complexity index is 1110. The Morgan fingerprint density at radius 1 is 0.875 bits per heavy atom. The molecule has 3 aromatic carbocycles. The number of sulfonamides is 1. The van der Waals surface area contributed by atoms with Gasteiger partial charge >= 0.3 is 0 Å². The summed E-state index contributed by atoms with van der Waals surface area (Å²) in [5.41, 5.74) is 3.90. The quantitative estimate of drug-likeness (QED) is 0.442. The van der Waals surface area contributed by atoms with Gasteiger partial charge in [-0.2, -0.15) is 0 Å². The van der Waals surface area contributed by atoms with E-state index in [1.54, 1.807) is 24.3 Å². The summed E-state index contributed by atoms with van der Waals surface area (Å²) in [5.74, 6) is 0. The number of nitrogens with one attached hydrogen (secondary N) is 1. The highest BCUT2D eigenvalue weighted by Gasteiger charge is 2.14. The molecule has 0 bridgehead atoms. The van der Waals surface area contributed by atoms with Gasteiger partial charge in [-0.25, -0.2) is 8.42 Å². The van der Waals surface area contributed by atoms with Crippen LogP contribution >= 0.6 is 11.6 Å². The van der Waals surface area contributed by atoms with Crippen LogP contribution < -0.4 is 4.72 Å². The van der Waals surface area contributed by atoms with E-state index in [1.807, 2.05) is 12.1 Å². The first-order chi connectivity index (χ1) is 15.3. The smallest absolute Gasteiger partial charge is 0.261 e. The van der Waals surface area contributed by atoms with Crippen LogP contribution in [0.1, 0.15) is 12.5 Å². The lowest BCUT2D eigenvalue weighted by molar-refractivity contribution is 0.244. The minimum atomic E-state index is -3.69. The maximum atomic E-state index is 12.6. The molecule has 0 radical (unpaired) electrons. The van der Waals surface area contributed by atoms with Gasteiger partial charge in [-0.05, 0) is 67.7 Å². The number of hydrogen-bond acceptors (Lipinski definition) is 4. The van der Waals surface area contributed by atoms with E-state index in [1.165, 1.54) is 17.7 Å². The molecule has 7 heteroatoms. The maximum Gasteiger partial charge on any atom is 0.261 e. The average Bonchev–Trinajstić information content (AvgIpc) is 2.77. The molecule has 5 nitrogen and oxygen atoms in total. The van der Waals surface area contributed by atoms with E-state index in [-0.39, 0.29) is 4.90 Å². The highest BCUT2D eigenvalue weighted by atomic mass is 35.5. The topological polar surface area (TPSA) is 52.6 Å². The van der Waals surface area contributed by atoms with Crippen LogP contribution in [-0.4, -0.2) is 51.9 Å². The summed E-state index contributed by atoms with van der Waals surface area (Å²) in [7, 11) is 0.501. The van der Waals surface area contributed by atoms with Crippen molar-refractivity contribution in [1.29, 1.82) is 0 Å². The van der Waals surface area contributed by atoms with Crippen LogP contribution in [-0.2, 0) is 16.6 Å². The molecule has 0 amide bonds. The van der Waals surface area contributed by atoms with E-state index >= 15 is 0 Å². The minimum Gasteiger partial charge on any atom is -0.308 e. The molecule has 170 valence electrons. The number of halogens is 1. The molecule has 0 aliphatic heterocycles. The predicted molar refractivity (Wildman–Crippen MR) is 134 cm³/mol. The Morgan fingerprint density at radius 3 is 2.06 bits per heavy atom. The van der Waals surface area contributed by atoms with Gasteiger partial charge in [-0.3, -0.25) is 9.62 Å². The lowest BCUT2D eigenvalue weighted by atomic mass is 10.0. The van der Waals surface area contributed by atoms with Gasteiger partial charge in [0.25, 0.3) is 10.0 Å². The third-order valence-electron chi connectivity index (χ3n) is 5.25. The highest BCUT2D eigenvalue weighted by molar-refractivity contribution is 7.92. The van der Waals surface area contributed by atoms with E-state index in [2.05, 4.69) is 59.8 Å². The normalized spacial score (nSPS) is 11.8. The first-order valence-corrected chi connectivity index (χ1v) is 12.5. The monoisotopic (exact) mass is 471 g/mol. The zero-order valence-corrected chi connectivity index (χ0v) is 20.3. The molecular weight excluding hydrogens is 442 g/mol. The molecule has 0 aliphatic rings. The van der Waals surface area contributed by atoms with Crippen molar-refractivity contribution in [2.45, 2.75) is 18.4 Å². The average molecular weight is 472 g/mol. The summed E-state index contributed by atoms with van der Waals surface area (Å²) >= 11 is 5.92. The largest absolute Gasteiger partial charge is 0.308 e. The van der Waals surface area contributed by atoms with E-state index in [0.717, 1.165) is 37.3 Å². The Labute approximate surface area is 196 Å². The van der Waals surface area contributed by atoms with Crippen LogP contribution in [0.5, 0.6) is 0 Å². The summed E-state index contributed by atoms with van der Waals surface area (Å²) in [6.45, 7) is 6.21. The second-order valence-corrected chi connectivity index (χ2v) is 10.1. The first kappa shape index (κ1) is 24.3. The Hall–Kier alpha value is -2.38. The third-order valence-corrected chi connectivity index (χ3v) is 6.86. The molecule has 0 fully saturated rings. The van der Waals surface area contributed by atoms with Gasteiger partial charge in [0.05, 0.1) is 4.90 Å². The van der Waals surface area contributed by atoms with Crippen molar-refractivity contribution in [3.05, 3.63) is 83.4 Å². The van der Waals surface area contributed by atoms with Gasteiger partial charge in [-0.15, -0.1) is 0 Å². The Balaban J connectivity index is 1.65. The molecule has 3 rings (SSSR count). The summed E-state index contributed by atoms with van der Waals surface area (Å²) in [5, 5.41) is 0.381. The van der Waals surface area contributed by atoms with E-state index in [9.17, 15) is 8.42 Å². The van der Waals surface area contributed by atoms with Crippen LogP contribution in [0.2, 0.25) is 5.02 Å².